The molecule has 1 aliphatic rings. The first-order chi connectivity index (χ1) is 11.0. The second-order valence-corrected chi connectivity index (χ2v) is 6.84. The molecule has 3 rings (SSSR count). The van der Waals surface area contributed by atoms with Gasteiger partial charge in [-0.05, 0) is 19.4 Å². The number of rotatable bonds is 3. The van der Waals surface area contributed by atoms with E-state index in [0.29, 0.717) is 29.6 Å². The van der Waals surface area contributed by atoms with Crippen LogP contribution >= 0.6 is 11.8 Å². The summed E-state index contributed by atoms with van der Waals surface area (Å²) in [5, 5.41) is 3.66. The Morgan fingerprint density at radius 3 is 2.83 bits per heavy atom. The zero-order chi connectivity index (χ0) is 16.4. The largest absolute Gasteiger partial charge is 0.352 e. The van der Waals surface area contributed by atoms with E-state index in [-0.39, 0.29) is 17.4 Å². The summed E-state index contributed by atoms with van der Waals surface area (Å²) in [6.07, 6.45) is 1.60. The highest BCUT2D eigenvalue weighted by atomic mass is 32.2. The van der Waals surface area contributed by atoms with Gasteiger partial charge in [-0.2, -0.15) is 0 Å². The first-order valence-corrected chi connectivity index (χ1v) is 8.55. The van der Waals surface area contributed by atoms with Gasteiger partial charge in [0.25, 0.3) is 5.56 Å². The van der Waals surface area contributed by atoms with Gasteiger partial charge in [-0.3, -0.25) is 14.2 Å². The molecule has 0 saturated carbocycles. The van der Waals surface area contributed by atoms with E-state index in [9.17, 15) is 9.59 Å². The van der Waals surface area contributed by atoms with E-state index >= 15 is 0 Å². The second-order valence-electron chi connectivity index (χ2n) is 5.85. The summed E-state index contributed by atoms with van der Waals surface area (Å²) in [5.41, 5.74) is 2.82. The van der Waals surface area contributed by atoms with Gasteiger partial charge < -0.3 is 5.32 Å². The molecule has 6 heteroatoms. The third-order valence-corrected chi connectivity index (χ3v) is 5.11. The van der Waals surface area contributed by atoms with Crippen molar-refractivity contribution in [3.63, 3.8) is 0 Å². The molecule has 0 radical (unpaired) electrons. The van der Waals surface area contributed by atoms with Crippen LogP contribution in [0.3, 0.4) is 0 Å². The fraction of sp³-hybridized carbons (Fsp3) is 0.353. The summed E-state index contributed by atoms with van der Waals surface area (Å²) in [6.45, 7) is 4.69. The van der Waals surface area contributed by atoms with E-state index < -0.39 is 0 Å². The van der Waals surface area contributed by atoms with Crippen molar-refractivity contribution in [3.05, 3.63) is 57.5 Å². The Kier molecular flexibility index (Phi) is 4.52. The maximum absolute atomic E-state index is 12.4. The molecule has 0 fully saturated rings. The number of fused-ring (bicyclic) bond motifs is 1. The van der Waals surface area contributed by atoms with Crippen molar-refractivity contribution in [2.24, 2.45) is 5.92 Å². The van der Waals surface area contributed by atoms with Crippen LogP contribution in [0.25, 0.3) is 0 Å². The molecule has 1 unspecified atom stereocenters. The van der Waals surface area contributed by atoms with Gasteiger partial charge in [-0.1, -0.05) is 41.6 Å². The molecule has 0 saturated heterocycles. The average Bonchev–Trinajstić information content (AvgIpc) is 2.57. The highest BCUT2D eigenvalue weighted by Gasteiger charge is 2.26. The maximum Gasteiger partial charge on any atom is 0.257 e. The van der Waals surface area contributed by atoms with Crippen molar-refractivity contribution in [1.29, 1.82) is 0 Å². The Balaban J connectivity index is 1.66. The van der Waals surface area contributed by atoms with Crippen molar-refractivity contribution < 1.29 is 4.79 Å². The lowest BCUT2D eigenvalue weighted by Gasteiger charge is -2.24. The van der Waals surface area contributed by atoms with E-state index in [1.165, 1.54) is 17.3 Å². The van der Waals surface area contributed by atoms with E-state index in [1.54, 1.807) is 17.7 Å². The van der Waals surface area contributed by atoms with Gasteiger partial charge in [0.05, 0.1) is 5.92 Å². The Labute approximate surface area is 139 Å². The van der Waals surface area contributed by atoms with Gasteiger partial charge in [-0.25, -0.2) is 4.98 Å². The minimum atomic E-state index is -0.209. The number of hydrogen-bond donors (Lipinski definition) is 1. The van der Waals surface area contributed by atoms with Crippen molar-refractivity contribution in [3.8, 4) is 0 Å². The highest BCUT2D eigenvalue weighted by Crippen LogP contribution is 2.24. The molecule has 0 bridgehead atoms. The van der Waals surface area contributed by atoms with E-state index in [1.807, 2.05) is 31.2 Å². The minimum Gasteiger partial charge on any atom is -0.352 e. The Bertz CT molecular complexity index is 783. The lowest BCUT2D eigenvalue weighted by molar-refractivity contribution is -0.125. The fourth-order valence-corrected chi connectivity index (χ4v) is 3.55. The van der Waals surface area contributed by atoms with Gasteiger partial charge in [0.1, 0.15) is 0 Å². The summed E-state index contributed by atoms with van der Waals surface area (Å²) in [7, 11) is 0. The van der Waals surface area contributed by atoms with Crippen LogP contribution in [0.5, 0.6) is 0 Å². The second kappa shape index (κ2) is 6.58. The standard InChI is InChI=1S/C17H19N3O2S/c1-11-3-5-13(6-4-11)8-18-15(21)14-9-20-16(22)12(2)7-19-17(20)23-10-14/h3-7,14H,8-10H2,1-2H3,(H,18,21). The topological polar surface area (TPSA) is 64.0 Å². The third kappa shape index (κ3) is 3.47. The Morgan fingerprint density at radius 1 is 1.35 bits per heavy atom. The summed E-state index contributed by atoms with van der Waals surface area (Å²) in [6, 6.07) is 8.08. The summed E-state index contributed by atoms with van der Waals surface area (Å²) >= 11 is 1.46. The minimum absolute atomic E-state index is 0.0165. The molecule has 0 spiro atoms. The van der Waals surface area contributed by atoms with Crippen LogP contribution in [-0.2, 0) is 17.9 Å². The number of carbonyl (C=O) groups is 1. The van der Waals surface area contributed by atoms with Crippen LogP contribution in [-0.4, -0.2) is 21.2 Å². The lowest BCUT2D eigenvalue weighted by atomic mass is 10.1. The smallest absolute Gasteiger partial charge is 0.257 e. The molecule has 5 nitrogen and oxygen atoms in total. The summed E-state index contributed by atoms with van der Waals surface area (Å²) < 4.78 is 1.61. The van der Waals surface area contributed by atoms with Crippen LogP contribution in [0.15, 0.2) is 40.4 Å². The number of carbonyl (C=O) groups excluding carboxylic acids is 1. The van der Waals surface area contributed by atoms with Crippen molar-refractivity contribution in [2.75, 3.05) is 5.75 Å². The SMILES string of the molecule is Cc1ccc(CNC(=O)C2CSc3ncc(C)c(=O)n3C2)cc1. The fourth-order valence-electron chi connectivity index (χ4n) is 2.50. The van der Waals surface area contributed by atoms with Crippen LogP contribution in [0.1, 0.15) is 16.7 Å². The summed E-state index contributed by atoms with van der Waals surface area (Å²) in [4.78, 5) is 28.8. The van der Waals surface area contributed by atoms with Crippen LogP contribution in [0.4, 0.5) is 0 Å². The van der Waals surface area contributed by atoms with Gasteiger partial charge in [0.15, 0.2) is 5.16 Å². The molecular weight excluding hydrogens is 310 g/mol. The van der Waals surface area contributed by atoms with Gasteiger partial charge >= 0.3 is 0 Å². The molecule has 0 aliphatic carbocycles. The third-order valence-electron chi connectivity index (χ3n) is 3.96. The number of thioether (sulfide) groups is 1. The zero-order valence-electron chi connectivity index (χ0n) is 13.2. The Hall–Kier alpha value is -2.08. The molecule has 1 aromatic heterocycles. The van der Waals surface area contributed by atoms with Gasteiger partial charge in [0.2, 0.25) is 5.91 Å². The van der Waals surface area contributed by atoms with Crippen LogP contribution in [0.2, 0.25) is 0 Å². The van der Waals surface area contributed by atoms with Crippen LogP contribution < -0.4 is 10.9 Å². The van der Waals surface area contributed by atoms with Crippen molar-refractivity contribution in [1.82, 2.24) is 14.9 Å². The molecule has 1 aliphatic heterocycles. The molecule has 23 heavy (non-hydrogen) atoms. The summed E-state index contributed by atoms with van der Waals surface area (Å²) in [5.74, 6) is 0.422. The number of nitrogens with zero attached hydrogens (tertiary/aromatic N) is 2. The number of benzene rings is 1. The molecule has 1 amide bonds. The molecule has 1 N–H and O–H groups in total. The normalized spacial score (nSPS) is 16.7. The van der Waals surface area contributed by atoms with E-state index in [2.05, 4.69) is 10.3 Å². The van der Waals surface area contributed by atoms with Crippen LogP contribution in [0, 0.1) is 19.8 Å². The monoisotopic (exact) mass is 329 g/mol. The molecule has 2 heterocycles. The molecule has 1 atom stereocenters. The molecular formula is C17H19N3O2S. The maximum atomic E-state index is 12.4. The first-order valence-electron chi connectivity index (χ1n) is 7.57. The van der Waals surface area contributed by atoms with Crippen molar-refractivity contribution in [2.45, 2.75) is 32.1 Å². The number of aromatic nitrogens is 2. The Morgan fingerprint density at radius 2 is 2.09 bits per heavy atom. The zero-order valence-corrected chi connectivity index (χ0v) is 14.0. The number of aryl methyl sites for hydroxylation is 2. The quantitative estimate of drug-likeness (QED) is 0.874. The predicted octanol–water partition coefficient (Wildman–Crippen LogP) is 1.90. The van der Waals surface area contributed by atoms with Gasteiger partial charge in [0, 0.05) is 30.6 Å². The molecule has 1 aromatic carbocycles. The average molecular weight is 329 g/mol. The lowest BCUT2D eigenvalue weighted by Crippen LogP contribution is -2.40. The predicted molar refractivity (Wildman–Crippen MR) is 90.5 cm³/mol. The highest BCUT2D eigenvalue weighted by molar-refractivity contribution is 7.99. The number of nitrogens with one attached hydrogen (secondary N) is 1. The van der Waals surface area contributed by atoms with E-state index in [0.717, 1.165) is 5.56 Å². The number of hydrogen-bond acceptors (Lipinski definition) is 4. The van der Waals surface area contributed by atoms with E-state index in [4.69, 9.17) is 0 Å². The molecule has 2 aromatic rings. The van der Waals surface area contributed by atoms with Crippen molar-refractivity contribution >= 4 is 17.7 Å². The first kappa shape index (κ1) is 15.8. The van der Waals surface area contributed by atoms with Gasteiger partial charge in [-0.15, -0.1) is 0 Å². The number of amides is 1. The molecule has 120 valence electrons.